The fraction of sp³-hybridized carbons (Fsp3) is 0.529. The third-order valence-electron chi connectivity index (χ3n) is 3.76. The lowest BCUT2D eigenvalue weighted by Gasteiger charge is -2.32. The van der Waals surface area contributed by atoms with Gasteiger partial charge in [-0.3, -0.25) is 4.79 Å². The van der Waals surface area contributed by atoms with Gasteiger partial charge in [-0.1, -0.05) is 11.8 Å². The molecule has 0 fully saturated rings. The predicted octanol–water partition coefficient (Wildman–Crippen LogP) is 2.80. The van der Waals surface area contributed by atoms with E-state index in [4.69, 9.17) is 4.74 Å². The topological polar surface area (TPSA) is 73.1 Å². The number of thioether (sulfide) groups is 1. The molecule has 1 heterocycles. The van der Waals surface area contributed by atoms with Gasteiger partial charge in [-0.05, 0) is 69.3 Å². The Bertz CT molecular complexity index is 691. The second-order valence-electron chi connectivity index (χ2n) is 6.26. The molecule has 0 aliphatic carbocycles. The van der Waals surface area contributed by atoms with E-state index in [0.717, 1.165) is 11.4 Å². The SMILES string of the molecule is COc1ccc(-n2nnnc2SC(C)C(=O)N(C(C)C)C(C)C)cc1. The molecule has 0 saturated heterocycles. The van der Waals surface area contributed by atoms with Crippen molar-refractivity contribution in [2.45, 2.75) is 57.1 Å². The molecule has 2 aromatic rings. The molecule has 2 rings (SSSR count). The minimum absolute atomic E-state index is 0.0827. The largest absolute Gasteiger partial charge is 0.497 e. The van der Waals surface area contributed by atoms with Crippen LogP contribution >= 0.6 is 11.8 Å². The Morgan fingerprint density at radius 3 is 2.24 bits per heavy atom. The number of hydrogen-bond acceptors (Lipinski definition) is 6. The first-order chi connectivity index (χ1) is 11.8. The molecule has 25 heavy (non-hydrogen) atoms. The summed E-state index contributed by atoms with van der Waals surface area (Å²) < 4.78 is 6.80. The average Bonchev–Trinajstić information content (AvgIpc) is 3.02. The van der Waals surface area contributed by atoms with E-state index < -0.39 is 0 Å². The summed E-state index contributed by atoms with van der Waals surface area (Å²) >= 11 is 1.36. The van der Waals surface area contributed by atoms with Gasteiger partial charge in [0.15, 0.2) is 0 Å². The molecule has 1 aromatic heterocycles. The summed E-state index contributed by atoms with van der Waals surface area (Å²) in [5, 5.41) is 12.2. The van der Waals surface area contributed by atoms with Gasteiger partial charge >= 0.3 is 0 Å². The van der Waals surface area contributed by atoms with Crippen molar-refractivity contribution in [2.75, 3.05) is 7.11 Å². The van der Waals surface area contributed by atoms with Crippen LogP contribution in [0.3, 0.4) is 0 Å². The van der Waals surface area contributed by atoms with Gasteiger partial charge in [0, 0.05) is 12.1 Å². The number of carbonyl (C=O) groups excluding carboxylic acids is 1. The Kier molecular flexibility index (Phi) is 6.41. The van der Waals surface area contributed by atoms with Crippen molar-refractivity contribution in [3.8, 4) is 11.4 Å². The molecule has 1 amide bonds. The van der Waals surface area contributed by atoms with E-state index in [1.807, 2.05) is 63.8 Å². The first-order valence-corrected chi connectivity index (χ1v) is 9.14. The molecule has 0 radical (unpaired) electrons. The van der Waals surface area contributed by atoms with Gasteiger partial charge in [0.2, 0.25) is 11.1 Å². The fourth-order valence-corrected chi connectivity index (χ4v) is 3.53. The van der Waals surface area contributed by atoms with Crippen LogP contribution in [0.4, 0.5) is 0 Å². The number of nitrogens with zero attached hydrogens (tertiary/aromatic N) is 5. The molecular weight excluding hydrogens is 338 g/mol. The van der Waals surface area contributed by atoms with Crippen LogP contribution in [0, 0.1) is 0 Å². The lowest BCUT2D eigenvalue weighted by atomic mass is 10.2. The van der Waals surface area contributed by atoms with Gasteiger partial charge in [-0.2, -0.15) is 4.68 Å². The van der Waals surface area contributed by atoms with Crippen molar-refractivity contribution < 1.29 is 9.53 Å². The molecule has 0 saturated carbocycles. The molecular formula is C17H25N5O2S. The summed E-state index contributed by atoms with van der Waals surface area (Å²) in [6.45, 7) is 9.98. The van der Waals surface area contributed by atoms with E-state index in [2.05, 4.69) is 15.5 Å². The smallest absolute Gasteiger partial charge is 0.236 e. The maximum atomic E-state index is 12.8. The molecule has 8 heteroatoms. The molecule has 0 bridgehead atoms. The molecule has 0 aliphatic heterocycles. The quantitative estimate of drug-likeness (QED) is 0.704. The summed E-state index contributed by atoms with van der Waals surface area (Å²) in [7, 11) is 1.62. The number of rotatable bonds is 7. The molecule has 1 unspecified atom stereocenters. The first kappa shape index (κ1) is 19.2. The fourth-order valence-electron chi connectivity index (χ4n) is 2.66. The second-order valence-corrected chi connectivity index (χ2v) is 7.57. The lowest BCUT2D eigenvalue weighted by Crippen LogP contribution is -2.45. The second kappa shape index (κ2) is 8.33. The minimum atomic E-state index is -0.284. The van der Waals surface area contributed by atoms with Crippen molar-refractivity contribution in [1.82, 2.24) is 25.1 Å². The van der Waals surface area contributed by atoms with Crippen LogP contribution in [-0.2, 0) is 4.79 Å². The van der Waals surface area contributed by atoms with E-state index in [1.165, 1.54) is 11.8 Å². The Labute approximate surface area is 152 Å². The number of tetrazole rings is 1. The van der Waals surface area contributed by atoms with Gasteiger partial charge in [-0.25, -0.2) is 0 Å². The monoisotopic (exact) mass is 363 g/mol. The summed E-state index contributed by atoms with van der Waals surface area (Å²) in [6.07, 6.45) is 0. The number of hydrogen-bond donors (Lipinski definition) is 0. The van der Waals surface area contributed by atoms with Gasteiger partial charge in [0.25, 0.3) is 0 Å². The van der Waals surface area contributed by atoms with E-state index in [0.29, 0.717) is 5.16 Å². The number of amides is 1. The Hall–Kier alpha value is -2.09. The summed E-state index contributed by atoms with van der Waals surface area (Å²) in [5.41, 5.74) is 0.817. The molecule has 1 atom stereocenters. The maximum absolute atomic E-state index is 12.8. The van der Waals surface area contributed by atoms with E-state index in [9.17, 15) is 4.79 Å². The van der Waals surface area contributed by atoms with Crippen LogP contribution in [0.25, 0.3) is 5.69 Å². The summed E-state index contributed by atoms with van der Waals surface area (Å²) in [5.74, 6) is 0.846. The predicted molar refractivity (Wildman–Crippen MR) is 98.1 cm³/mol. The van der Waals surface area contributed by atoms with Crippen molar-refractivity contribution in [3.63, 3.8) is 0 Å². The van der Waals surface area contributed by atoms with Crippen LogP contribution in [0.15, 0.2) is 29.4 Å². The summed E-state index contributed by atoms with van der Waals surface area (Å²) in [6, 6.07) is 7.74. The standard InChI is InChI=1S/C17H25N5O2S/c1-11(2)21(12(3)4)16(23)13(5)25-17-18-19-20-22(17)14-7-9-15(24-6)10-8-14/h7-13H,1-6H3. The van der Waals surface area contributed by atoms with E-state index in [-0.39, 0.29) is 23.2 Å². The zero-order valence-corrected chi connectivity index (χ0v) is 16.3. The van der Waals surface area contributed by atoms with Crippen LogP contribution in [0.2, 0.25) is 0 Å². The lowest BCUT2D eigenvalue weighted by molar-refractivity contribution is -0.133. The minimum Gasteiger partial charge on any atom is -0.497 e. The molecule has 7 nitrogen and oxygen atoms in total. The highest BCUT2D eigenvalue weighted by Gasteiger charge is 2.27. The highest BCUT2D eigenvalue weighted by molar-refractivity contribution is 8.00. The van der Waals surface area contributed by atoms with Gasteiger partial charge in [-0.15, -0.1) is 5.10 Å². The molecule has 136 valence electrons. The highest BCUT2D eigenvalue weighted by atomic mass is 32.2. The third-order valence-corrected chi connectivity index (χ3v) is 4.78. The normalized spacial score (nSPS) is 12.5. The Morgan fingerprint density at radius 2 is 1.72 bits per heavy atom. The highest BCUT2D eigenvalue weighted by Crippen LogP contribution is 2.26. The van der Waals surface area contributed by atoms with Crippen molar-refractivity contribution in [1.29, 1.82) is 0 Å². The molecule has 0 aliphatic rings. The number of methoxy groups -OCH3 is 1. The van der Waals surface area contributed by atoms with Crippen molar-refractivity contribution in [2.24, 2.45) is 0 Å². The van der Waals surface area contributed by atoms with Crippen LogP contribution < -0.4 is 4.74 Å². The first-order valence-electron chi connectivity index (χ1n) is 8.26. The van der Waals surface area contributed by atoms with Gasteiger partial charge < -0.3 is 9.64 Å². The number of carbonyl (C=O) groups is 1. The summed E-state index contributed by atoms with van der Waals surface area (Å²) in [4.78, 5) is 14.7. The Balaban J connectivity index is 2.18. The van der Waals surface area contributed by atoms with Crippen molar-refractivity contribution >= 4 is 17.7 Å². The van der Waals surface area contributed by atoms with Gasteiger partial charge in [0.05, 0.1) is 18.0 Å². The zero-order valence-electron chi connectivity index (χ0n) is 15.5. The third kappa shape index (κ3) is 4.50. The number of benzene rings is 1. The van der Waals surface area contributed by atoms with Crippen LogP contribution in [0.1, 0.15) is 34.6 Å². The van der Waals surface area contributed by atoms with E-state index >= 15 is 0 Å². The number of ether oxygens (including phenoxy) is 1. The molecule has 1 aromatic carbocycles. The van der Waals surface area contributed by atoms with E-state index in [1.54, 1.807) is 11.8 Å². The number of aromatic nitrogens is 4. The molecule has 0 N–H and O–H groups in total. The average molecular weight is 363 g/mol. The van der Waals surface area contributed by atoms with Crippen molar-refractivity contribution in [3.05, 3.63) is 24.3 Å². The van der Waals surface area contributed by atoms with Gasteiger partial charge in [0.1, 0.15) is 5.75 Å². The van der Waals surface area contributed by atoms with Crippen LogP contribution in [0.5, 0.6) is 5.75 Å². The van der Waals surface area contributed by atoms with Crippen LogP contribution in [-0.4, -0.2) is 55.5 Å². The zero-order chi connectivity index (χ0) is 18.6. The maximum Gasteiger partial charge on any atom is 0.236 e. The Morgan fingerprint density at radius 1 is 1.12 bits per heavy atom. The molecule has 0 spiro atoms.